The van der Waals surface area contributed by atoms with Crippen LogP contribution in [0.5, 0.6) is 0 Å². The van der Waals surface area contributed by atoms with Crippen LogP contribution in [0.1, 0.15) is 5.56 Å². The topological polar surface area (TPSA) is 59.1 Å². The third-order valence-corrected chi connectivity index (χ3v) is 5.56. The smallest absolute Gasteiger partial charge is 0.240 e. The highest BCUT2D eigenvalue weighted by Crippen LogP contribution is 2.23. The van der Waals surface area contributed by atoms with E-state index in [0.29, 0.717) is 11.6 Å². The Morgan fingerprint density at radius 1 is 1.08 bits per heavy atom. The summed E-state index contributed by atoms with van der Waals surface area (Å²) in [6.07, 6.45) is 1.59. The minimum Gasteiger partial charge on any atom is -0.255 e. The number of hydrogen-bond acceptors (Lipinski definition) is 4. The second kappa shape index (κ2) is 6.76. The summed E-state index contributed by atoms with van der Waals surface area (Å²) in [5.74, 6) is -2.30. The van der Waals surface area contributed by atoms with E-state index in [-0.39, 0.29) is 11.4 Å². The average Bonchev–Trinajstić information content (AvgIpc) is 3.10. The summed E-state index contributed by atoms with van der Waals surface area (Å²) >= 11 is 1.53. The molecule has 3 aromatic rings. The zero-order valence-electron chi connectivity index (χ0n) is 12.2. The van der Waals surface area contributed by atoms with Crippen LogP contribution in [0.25, 0.3) is 10.6 Å². The molecule has 0 saturated carbocycles. The molecule has 8 heteroatoms. The molecule has 2 heterocycles. The number of sulfonamides is 1. The highest BCUT2D eigenvalue weighted by atomic mass is 32.2. The molecule has 3 rings (SSSR count). The molecule has 2 aromatic heterocycles. The van der Waals surface area contributed by atoms with Gasteiger partial charge in [-0.15, -0.1) is 11.3 Å². The van der Waals surface area contributed by atoms with Crippen molar-refractivity contribution in [1.29, 1.82) is 0 Å². The Balaban J connectivity index is 1.77. The third-order valence-electron chi connectivity index (χ3n) is 3.27. The molecule has 24 heavy (non-hydrogen) atoms. The zero-order valence-corrected chi connectivity index (χ0v) is 13.9. The van der Waals surface area contributed by atoms with Gasteiger partial charge in [0.15, 0.2) is 11.6 Å². The van der Waals surface area contributed by atoms with Crippen LogP contribution in [-0.4, -0.2) is 13.4 Å². The maximum absolute atomic E-state index is 13.2. The summed E-state index contributed by atoms with van der Waals surface area (Å²) in [5.41, 5.74) is 1.45. The second-order valence-corrected chi connectivity index (χ2v) is 7.64. The van der Waals surface area contributed by atoms with Crippen LogP contribution in [0.2, 0.25) is 0 Å². The molecule has 0 aliphatic rings. The summed E-state index contributed by atoms with van der Waals surface area (Å²) in [6.45, 7) is 0.0161. The van der Waals surface area contributed by atoms with Crippen LogP contribution in [0.15, 0.2) is 58.9 Å². The molecule has 0 saturated heterocycles. The second-order valence-electron chi connectivity index (χ2n) is 4.93. The van der Waals surface area contributed by atoms with Crippen molar-refractivity contribution in [3.63, 3.8) is 0 Å². The van der Waals surface area contributed by atoms with E-state index in [1.54, 1.807) is 18.3 Å². The lowest BCUT2D eigenvalue weighted by atomic mass is 10.2. The fourth-order valence-corrected chi connectivity index (χ4v) is 3.77. The Morgan fingerprint density at radius 2 is 1.92 bits per heavy atom. The van der Waals surface area contributed by atoms with E-state index in [1.165, 1.54) is 11.3 Å². The number of nitrogens with zero attached hydrogens (tertiary/aromatic N) is 1. The molecular formula is C16H12F2N2O2S2. The maximum atomic E-state index is 13.2. The molecule has 0 radical (unpaired) electrons. The Morgan fingerprint density at radius 3 is 2.62 bits per heavy atom. The number of hydrogen-bond donors (Lipinski definition) is 1. The van der Waals surface area contributed by atoms with Gasteiger partial charge in [0.05, 0.1) is 15.5 Å². The zero-order chi connectivity index (χ0) is 17.2. The SMILES string of the molecule is O=S(=O)(NCc1ccnc(-c2cccs2)c1)c1ccc(F)c(F)c1. The molecule has 0 unspecified atom stereocenters. The van der Waals surface area contributed by atoms with Crippen LogP contribution in [0, 0.1) is 11.6 Å². The van der Waals surface area contributed by atoms with E-state index in [2.05, 4.69) is 9.71 Å². The molecule has 4 nitrogen and oxygen atoms in total. The fraction of sp³-hybridized carbons (Fsp3) is 0.0625. The fourth-order valence-electron chi connectivity index (χ4n) is 2.05. The van der Waals surface area contributed by atoms with Gasteiger partial charge in [-0.1, -0.05) is 6.07 Å². The van der Waals surface area contributed by atoms with Gasteiger partial charge in [-0.25, -0.2) is 21.9 Å². The first-order valence-corrected chi connectivity index (χ1v) is 9.25. The predicted molar refractivity (Wildman–Crippen MR) is 87.9 cm³/mol. The van der Waals surface area contributed by atoms with E-state index in [1.807, 2.05) is 17.5 Å². The van der Waals surface area contributed by atoms with Gasteiger partial charge in [0.1, 0.15) is 0 Å². The molecule has 0 atom stereocenters. The van der Waals surface area contributed by atoms with Crippen molar-refractivity contribution in [3.8, 4) is 10.6 Å². The first-order valence-electron chi connectivity index (χ1n) is 6.89. The molecule has 0 aliphatic heterocycles. The Kier molecular flexibility index (Phi) is 4.70. The summed E-state index contributed by atoms with van der Waals surface area (Å²) in [6, 6.07) is 9.74. The van der Waals surface area contributed by atoms with E-state index < -0.39 is 21.7 Å². The number of halogens is 2. The van der Waals surface area contributed by atoms with Gasteiger partial charge in [0, 0.05) is 12.7 Å². The van der Waals surface area contributed by atoms with E-state index >= 15 is 0 Å². The number of rotatable bonds is 5. The van der Waals surface area contributed by atoms with Crippen molar-refractivity contribution < 1.29 is 17.2 Å². The van der Waals surface area contributed by atoms with E-state index in [4.69, 9.17) is 0 Å². The van der Waals surface area contributed by atoms with E-state index in [0.717, 1.165) is 22.7 Å². The van der Waals surface area contributed by atoms with Crippen LogP contribution in [-0.2, 0) is 16.6 Å². The van der Waals surface area contributed by atoms with Gasteiger partial charge in [0.25, 0.3) is 0 Å². The average molecular weight is 366 g/mol. The third kappa shape index (κ3) is 3.66. The molecule has 1 N–H and O–H groups in total. The molecule has 0 fully saturated rings. The highest BCUT2D eigenvalue weighted by Gasteiger charge is 2.16. The van der Waals surface area contributed by atoms with Gasteiger partial charge < -0.3 is 0 Å². The number of pyridine rings is 1. The molecule has 0 amide bonds. The molecular weight excluding hydrogens is 354 g/mol. The molecule has 1 aromatic carbocycles. The van der Waals surface area contributed by atoms with Crippen molar-refractivity contribution in [2.24, 2.45) is 0 Å². The molecule has 124 valence electrons. The van der Waals surface area contributed by atoms with Gasteiger partial charge in [-0.05, 0) is 47.3 Å². The van der Waals surface area contributed by atoms with Crippen LogP contribution in [0.3, 0.4) is 0 Å². The normalized spacial score (nSPS) is 11.6. The van der Waals surface area contributed by atoms with Crippen LogP contribution in [0.4, 0.5) is 8.78 Å². The maximum Gasteiger partial charge on any atom is 0.240 e. The lowest BCUT2D eigenvalue weighted by molar-refractivity contribution is 0.504. The van der Waals surface area contributed by atoms with Gasteiger partial charge in [-0.3, -0.25) is 4.98 Å². The van der Waals surface area contributed by atoms with Crippen molar-refractivity contribution in [3.05, 3.63) is 71.2 Å². The first kappa shape index (κ1) is 16.7. The largest absolute Gasteiger partial charge is 0.255 e. The number of benzene rings is 1. The van der Waals surface area contributed by atoms with Crippen molar-refractivity contribution in [2.45, 2.75) is 11.4 Å². The van der Waals surface area contributed by atoms with E-state index in [9.17, 15) is 17.2 Å². The van der Waals surface area contributed by atoms with Crippen molar-refractivity contribution in [1.82, 2.24) is 9.71 Å². The lowest BCUT2D eigenvalue weighted by Crippen LogP contribution is -2.23. The molecule has 0 aliphatic carbocycles. The predicted octanol–water partition coefficient (Wildman–Crippen LogP) is 3.57. The summed E-state index contributed by atoms with van der Waals surface area (Å²) in [4.78, 5) is 4.90. The minimum atomic E-state index is -3.94. The summed E-state index contributed by atoms with van der Waals surface area (Å²) in [5, 5.41) is 1.93. The Hall–Kier alpha value is -2.16. The first-order chi connectivity index (χ1) is 11.5. The number of nitrogens with one attached hydrogen (secondary N) is 1. The summed E-state index contributed by atoms with van der Waals surface area (Å²) < 4.78 is 52.8. The van der Waals surface area contributed by atoms with Crippen molar-refractivity contribution in [2.75, 3.05) is 0 Å². The Bertz CT molecular complexity index is 958. The molecule has 0 spiro atoms. The van der Waals surface area contributed by atoms with Crippen molar-refractivity contribution >= 4 is 21.4 Å². The summed E-state index contributed by atoms with van der Waals surface area (Å²) in [7, 11) is -3.94. The van der Waals surface area contributed by atoms with Gasteiger partial charge >= 0.3 is 0 Å². The van der Waals surface area contributed by atoms with Gasteiger partial charge in [-0.2, -0.15) is 0 Å². The molecule has 0 bridgehead atoms. The highest BCUT2D eigenvalue weighted by molar-refractivity contribution is 7.89. The lowest BCUT2D eigenvalue weighted by Gasteiger charge is -2.08. The Labute approximate surface area is 141 Å². The van der Waals surface area contributed by atoms with Crippen LogP contribution < -0.4 is 4.72 Å². The van der Waals surface area contributed by atoms with Gasteiger partial charge in [0.2, 0.25) is 10.0 Å². The monoisotopic (exact) mass is 366 g/mol. The standard InChI is InChI=1S/C16H12F2N2O2S2/c17-13-4-3-12(9-14(13)18)24(21,22)20-10-11-5-6-19-15(8-11)16-2-1-7-23-16/h1-9,20H,10H2. The number of aromatic nitrogens is 1. The number of thiophene rings is 1. The quantitative estimate of drug-likeness (QED) is 0.751. The minimum absolute atomic E-state index is 0.0161. The van der Waals surface area contributed by atoms with Crippen LogP contribution >= 0.6 is 11.3 Å².